The van der Waals surface area contributed by atoms with Crippen molar-refractivity contribution >= 4 is 10.9 Å². The third-order valence-corrected chi connectivity index (χ3v) is 4.44. The fourth-order valence-electron chi connectivity index (χ4n) is 3.32. The van der Waals surface area contributed by atoms with Crippen LogP contribution in [0.5, 0.6) is 5.75 Å². The normalized spacial score (nSPS) is 14.1. The lowest BCUT2D eigenvalue weighted by molar-refractivity contribution is 0.308. The van der Waals surface area contributed by atoms with Crippen molar-refractivity contribution in [2.75, 3.05) is 13.2 Å². The maximum absolute atomic E-state index is 5.93. The van der Waals surface area contributed by atoms with Crippen LogP contribution in [0.15, 0.2) is 60.8 Å². The Labute approximate surface area is 136 Å². The quantitative estimate of drug-likeness (QED) is 0.734. The Kier molecular flexibility index (Phi) is 3.95. The first-order valence-corrected chi connectivity index (χ1v) is 8.17. The molecule has 0 aliphatic heterocycles. The van der Waals surface area contributed by atoms with Crippen LogP contribution in [0.25, 0.3) is 10.9 Å². The molecule has 0 saturated carbocycles. The van der Waals surface area contributed by atoms with Crippen molar-refractivity contribution in [2.45, 2.75) is 18.9 Å². The second-order valence-electron chi connectivity index (χ2n) is 6.01. The van der Waals surface area contributed by atoms with Gasteiger partial charge in [-0.25, -0.2) is 0 Å². The predicted octanol–water partition coefficient (Wildman–Crippen LogP) is 3.37. The highest BCUT2D eigenvalue weighted by molar-refractivity contribution is 5.84. The minimum Gasteiger partial charge on any atom is -0.490 e. The van der Waals surface area contributed by atoms with Gasteiger partial charge in [0.15, 0.2) is 0 Å². The highest BCUT2D eigenvalue weighted by Gasteiger charge is 2.19. The number of para-hydroxylation sites is 1. The molecule has 2 aromatic carbocycles. The number of fused-ring (bicyclic) bond motifs is 2. The van der Waals surface area contributed by atoms with Crippen LogP contribution in [-0.2, 0) is 12.8 Å². The first-order chi connectivity index (χ1) is 11.4. The molecule has 0 bridgehead atoms. The maximum atomic E-state index is 5.93. The molecule has 3 aromatic rings. The van der Waals surface area contributed by atoms with E-state index in [1.165, 1.54) is 11.1 Å². The molecule has 1 aliphatic rings. The fraction of sp³-hybridized carbons (Fsp3) is 0.250. The molecular weight excluding hydrogens is 284 g/mol. The highest BCUT2D eigenvalue weighted by Crippen LogP contribution is 2.23. The molecule has 0 amide bonds. The molecule has 116 valence electrons. The number of benzene rings is 2. The van der Waals surface area contributed by atoms with E-state index in [9.17, 15) is 0 Å². The van der Waals surface area contributed by atoms with Crippen molar-refractivity contribution < 1.29 is 4.74 Å². The van der Waals surface area contributed by atoms with E-state index in [4.69, 9.17) is 4.74 Å². The number of nitrogens with one attached hydrogen (secondary N) is 1. The molecule has 1 aliphatic carbocycles. The Morgan fingerprint density at radius 3 is 2.57 bits per heavy atom. The van der Waals surface area contributed by atoms with Crippen LogP contribution in [0.3, 0.4) is 0 Å². The van der Waals surface area contributed by atoms with Gasteiger partial charge in [0.1, 0.15) is 17.9 Å². The number of aromatic nitrogens is 1. The van der Waals surface area contributed by atoms with Gasteiger partial charge in [0.05, 0.1) is 0 Å². The predicted molar refractivity (Wildman–Crippen MR) is 92.9 cm³/mol. The third kappa shape index (κ3) is 3.06. The Morgan fingerprint density at radius 2 is 1.74 bits per heavy atom. The van der Waals surface area contributed by atoms with Crippen LogP contribution in [0, 0.1) is 0 Å². The summed E-state index contributed by atoms with van der Waals surface area (Å²) in [6.07, 6.45) is 4.04. The van der Waals surface area contributed by atoms with Gasteiger partial charge in [0, 0.05) is 24.2 Å². The van der Waals surface area contributed by atoms with Gasteiger partial charge in [0.25, 0.3) is 0 Å². The smallest absolute Gasteiger partial charge is 0.145 e. The second kappa shape index (κ2) is 6.39. The van der Waals surface area contributed by atoms with E-state index >= 15 is 0 Å². The molecule has 0 fully saturated rings. The van der Waals surface area contributed by atoms with Gasteiger partial charge in [-0.1, -0.05) is 42.5 Å². The molecule has 0 saturated heterocycles. The van der Waals surface area contributed by atoms with Crippen LogP contribution in [-0.4, -0.2) is 24.2 Å². The Morgan fingerprint density at radius 1 is 0.957 bits per heavy atom. The number of nitrogens with zero attached hydrogens (tertiary/aromatic N) is 1. The summed E-state index contributed by atoms with van der Waals surface area (Å²) in [7, 11) is 0. The molecule has 23 heavy (non-hydrogen) atoms. The minimum absolute atomic E-state index is 0.529. The van der Waals surface area contributed by atoms with E-state index < -0.39 is 0 Å². The third-order valence-electron chi connectivity index (χ3n) is 4.44. The standard InChI is InChI=1S/C20H20N2O/c1-2-6-17-14-18(13-16(17)5-1)21-11-12-23-19-9-3-7-15-8-4-10-22-20(15)19/h1-10,18,21H,11-14H2. The van der Waals surface area contributed by atoms with Crippen molar-refractivity contribution in [3.8, 4) is 5.75 Å². The average Bonchev–Trinajstić information content (AvgIpc) is 3.01. The van der Waals surface area contributed by atoms with Crippen LogP contribution >= 0.6 is 0 Å². The van der Waals surface area contributed by atoms with Crippen molar-refractivity contribution in [3.63, 3.8) is 0 Å². The molecule has 1 aromatic heterocycles. The average molecular weight is 304 g/mol. The zero-order valence-corrected chi connectivity index (χ0v) is 13.0. The van der Waals surface area contributed by atoms with Crippen molar-refractivity contribution in [3.05, 3.63) is 71.9 Å². The van der Waals surface area contributed by atoms with E-state index in [2.05, 4.69) is 46.7 Å². The fourth-order valence-corrected chi connectivity index (χ4v) is 3.32. The molecule has 3 nitrogen and oxygen atoms in total. The zero-order chi connectivity index (χ0) is 15.5. The SMILES string of the molecule is c1ccc2c(c1)CC(NCCOc1cccc3cccnc13)C2. The number of rotatable bonds is 5. The van der Waals surface area contributed by atoms with E-state index in [-0.39, 0.29) is 0 Å². The molecule has 3 heteroatoms. The first-order valence-electron chi connectivity index (χ1n) is 8.17. The van der Waals surface area contributed by atoms with E-state index in [0.717, 1.165) is 36.0 Å². The summed E-state index contributed by atoms with van der Waals surface area (Å²) in [5, 5.41) is 4.72. The number of ether oxygens (including phenoxy) is 1. The van der Waals surface area contributed by atoms with Gasteiger partial charge in [-0.05, 0) is 36.1 Å². The lowest BCUT2D eigenvalue weighted by Crippen LogP contribution is -2.33. The molecule has 4 rings (SSSR count). The molecule has 1 N–H and O–H groups in total. The Bertz CT molecular complexity index is 785. The number of hydrogen-bond acceptors (Lipinski definition) is 3. The Balaban J connectivity index is 1.31. The first kappa shape index (κ1) is 14.2. The Hall–Kier alpha value is -2.39. The van der Waals surface area contributed by atoms with Gasteiger partial charge < -0.3 is 10.1 Å². The van der Waals surface area contributed by atoms with Gasteiger partial charge in [-0.15, -0.1) is 0 Å². The molecule has 0 radical (unpaired) electrons. The minimum atomic E-state index is 0.529. The highest BCUT2D eigenvalue weighted by atomic mass is 16.5. The molecule has 0 spiro atoms. The van der Waals surface area contributed by atoms with E-state index in [0.29, 0.717) is 12.6 Å². The monoisotopic (exact) mass is 304 g/mol. The largest absolute Gasteiger partial charge is 0.490 e. The lowest BCUT2D eigenvalue weighted by Gasteiger charge is -2.13. The summed E-state index contributed by atoms with van der Waals surface area (Å²) in [6.45, 7) is 1.50. The van der Waals surface area contributed by atoms with Gasteiger partial charge >= 0.3 is 0 Å². The van der Waals surface area contributed by atoms with Gasteiger partial charge in [-0.3, -0.25) is 4.98 Å². The summed E-state index contributed by atoms with van der Waals surface area (Å²) in [5.74, 6) is 0.861. The lowest BCUT2D eigenvalue weighted by atomic mass is 10.1. The summed E-state index contributed by atoms with van der Waals surface area (Å²) < 4.78 is 5.93. The summed E-state index contributed by atoms with van der Waals surface area (Å²) >= 11 is 0. The van der Waals surface area contributed by atoms with Crippen LogP contribution in [0.1, 0.15) is 11.1 Å². The van der Waals surface area contributed by atoms with Crippen LogP contribution in [0.2, 0.25) is 0 Å². The van der Waals surface area contributed by atoms with Gasteiger partial charge in [-0.2, -0.15) is 0 Å². The van der Waals surface area contributed by atoms with Crippen molar-refractivity contribution in [1.29, 1.82) is 0 Å². The topological polar surface area (TPSA) is 34.1 Å². The molecule has 0 unspecified atom stereocenters. The van der Waals surface area contributed by atoms with Crippen molar-refractivity contribution in [1.82, 2.24) is 10.3 Å². The summed E-state index contributed by atoms with van der Waals surface area (Å²) in [4.78, 5) is 4.42. The summed E-state index contributed by atoms with van der Waals surface area (Å²) in [5.41, 5.74) is 3.89. The molecular formula is C20H20N2O. The molecule has 1 heterocycles. The van der Waals surface area contributed by atoms with E-state index in [1.54, 1.807) is 0 Å². The van der Waals surface area contributed by atoms with Crippen molar-refractivity contribution in [2.24, 2.45) is 0 Å². The summed E-state index contributed by atoms with van der Waals surface area (Å²) in [6, 6.07) is 19.3. The second-order valence-corrected chi connectivity index (χ2v) is 6.01. The van der Waals surface area contributed by atoms with E-state index in [1.807, 2.05) is 24.4 Å². The number of pyridine rings is 1. The zero-order valence-electron chi connectivity index (χ0n) is 13.0. The maximum Gasteiger partial charge on any atom is 0.145 e. The van der Waals surface area contributed by atoms with Gasteiger partial charge in [0.2, 0.25) is 0 Å². The molecule has 0 atom stereocenters. The van der Waals surface area contributed by atoms with Crippen LogP contribution < -0.4 is 10.1 Å². The number of hydrogen-bond donors (Lipinski definition) is 1. The van der Waals surface area contributed by atoms with Crippen LogP contribution in [0.4, 0.5) is 0 Å².